The number of hydrogen-bond donors (Lipinski definition) is 0. The van der Waals surface area contributed by atoms with Gasteiger partial charge in [-0.3, -0.25) is 14.4 Å². The number of ether oxygens (including phenoxy) is 1. The summed E-state index contributed by atoms with van der Waals surface area (Å²) in [6.45, 7) is 2.81. The molecule has 1 aromatic rings. The number of nitrogens with zero attached hydrogens (tertiary/aromatic N) is 3. The summed E-state index contributed by atoms with van der Waals surface area (Å²) in [5, 5.41) is 4.74. The number of likely N-dealkylation sites (tertiary alicyclic amines) is 1. The van der Waals surface area contributed by atoms with Gasteiger partial charge in [-0.25, -0.2) is 0 Å². The summed E-state index contributed by atoms with van der Waals surface area (Å²) >= 11 is 0. The maximum absolute atomic E-state index is 11.5. The van der Waals surface area contributed by atoms with Gasteiger partial charge in [-0.05, 0) is 44.8 Å². The van der Waals surface area contributed by atoms with E-state index in [4.69, 9.17) is 9.84 Å². The first-order valence-corrected chi connectivity index (χ1v) is 8.10. The second-order valence-electron chi connectivity index (χ2n) is 6.30. The smallest absolute Gasteiger partial charge is 0.308 e. The number of carbonyl (C=O) groups excluding carboxylic acids is 1. The average molecular weight is 291 g/mol. The molecule has 116 valence electrons. The van der Waals surface area contributed by atoms with E-state index >= 15 is 0 Å². The Morgan fingerprint density at radius 3 is 2.67 bits per heavy atom. The Labute approximate surface area is 126 Å². The van der Waals surface area contributed by atoms with Crippen LogP contribution in [-0.4, -0.2) is 40.8 Å². The Balaban J connectivity index is 1.50. The van der Waals surface area contributed by atoms with Gasteiger partial charge in [-0.15, -0.1) is 0 Å². The summed E-state index contributed by atoms with van der Waals surface area (Å²) in [4.78, 5) is 13.9. The lowest BCUT2D eigenvalue weighted by atomic mass is 9.97. The van der Waals surface area contributed by atoms with Gasteiger partial charge in [0.25, 0.3) is 0 Å². The van der Waals surface area contributed by atoms with Crippen molar-refractivity contribution in [1.82, 2.24) is 14.7 Å². The number of aromatic nitrogens is 2. The Kier molecular flexibility index (Phi) is 4.58. The molecule has 1 aliphatic carbocycles. The van der Waals surface area contributed by atoms with Crippen LogP contribution in [0.5, 0.6) is 0 Å². The van der Waals surface area contributed by atoms with Gasteiger partial charge in [0.05, 0.1) is 24.8 Å². The molecule has 1 saturated carbocycles. The van der Waals surface area contributed by atoms with Crippen molar-refractivity contribution >= 4 is 5.97 Å². The highest BCUT2D eigenvalue weighted by molar-refractivity contribution is 5.72. The van der Waals surface area contributed by atoms with Gasteiger partial charge in [-0.1, -0.05) is 12.8 Å². The molecule has 2 aliphatic rings. The molecule has 0 spiro atoms. The van der Waals surface area contributed by atoms with E-state index in [0.717, 1.165) is 38.2 Å². The highest BCUT2D eigenvalue weighted by atomic mass is 16.5. The number of methoxy groups -OCH3 is 1. The third-order valence-corrected chi connectivity index (χ3v) is 4.87. The van der Waals surface area contributed by atoms with Crippen LogP contribution in [0.1, 0.15) is 50.3 Å². The molecule has 21 heavy (non-hydrogen) atoms. The fourth-order valence-corrected chi connectivity index (χ4v) is 3.56. The maximum atomic E-state index is 11.5. The first-order valence-electron chi connectivity index (χ1n) is 8.10. The second kappa shape index (κ2) is 6.60. The zero-order chi connectivity index (χ0) is 14.7. The molecule has 3 rings (SSSR count). The normalized spacial score (nSPS) is 21.8. The molecule has 2 heterocycles. The third-order valence-electron chi connectivity index (χ3n) is 4.87. The van der Waals surface area contributed by atoms with Crippen LogP contribution in [0.15, 0.2) is 12.3 Å². The highest BCUT2D eigenvalue weighted by Gasteiger charge is 2.26. The average Bonchev–Trinajstić information content (AvgIpc) is 3.18. The fraction of sp³-hybridized carbons (Fsp3) is 0.750. The van der Waals surface area contributed by atoms with Crippen molar-refractivity contribution in [3.8, 4) is 0 Å². The lowest BCUT2D eigenvalue weighted by molar-refractivity contribution is -0.147. The lowest BCUT2D eigenvalue weighted by Crippen LogP contribution is -2.36. The van der Waals surface area contributed by atoms with E-state index in [1.165, 1.54) is 32.8 Å². The predicted molar refractivity (Wildman–Crippen MR) is 79.7 cm³/mol. The van der Waals surface area contributed by atoms with E-state index in [1.54, 1.807) is 0 Å². The van der Waals surface area contributed by atoms with Crippen LogP contribution >= 0.6 is 0 Å². The molecular weight excluding hydrogens is 266 g/mol. The largest absolute Gasteiger partial charge is 0.469 e. The Bertz CT molecular complexity index is 472. The molecule has 0 radical (unpaired) electrons. The second-order valence-corrected chi connectivity index (χ2v) is 6.30. The van der Waals surface area contributed by atoms with Crippen LogP contribution in [0.2, 0.25) is 0 Å². The molecule has 0 aromatic carbocycles. The summed E-state index contributed by atoms with van der Waals surface area (Å²) in [6.07, 6.45) is 9.14. The van der Waals surface area contributed by atoms with E-state index < -0.39 is 0 Å². The summed E-state index contributed by atoms with van der Waals surface area (Å²) in [7, 11) is 1.48. The number of piperidine rings is 1. The van der Waals surface area contributed by atoms with Crippen molar-refractivity contribution < 1.29 is 9.53 Å². The van der Waals surface area contributed by atoms with Crippen molar-refractivity contribution in [2.75, 3.05) is 20.2 Å². The molecule has 5 heteroatoms. The van der Waals surface area contributed by atoms with Crippen LogP contribution in [0.25, 0.3) is 0 Å². The monoisotopic (exact) mass is 291 g/mol. The fourth-order valence-electron chi connectivity index (χ4n) is 3.56. The highest BCUT2D eigenvalue weighted by Crippen LogP contribution is 2.29. The molecule has 0 amide bonds. The Hall–Kier alpha value is -1.36. The molecule has 0 atom stereocenters. The van der Waals surface area contributed by atoms with Gasteiger partial charge in [0.1, 0.15) is 0 Å². The number of carbonyl (C=O) groups is 1. The van der Waals surface area contributed by atoms with Gasteiger partial charge < -0.3 is 4.74 Å². The van der Waals surface area contributed by atoms with E-state index in [1.807, 2.05) is 0 Å². The lowest BCUT2D eigenvalue weighted by Gasteiger charge is -2.29. The van der Waals surface area contributed by atoms with Gasteiger partial charge in [0.2, 0.25) is 0 Å². The molecular formula is C16H25N3O2. The van der Waals surface area contributed by atoms with Crippen LogP contribution in [0.4, 0.5) is 0 Å². The van der Waals surface area contributed by atoms with Gasteiger partial charge in [-0.2, -0.15) is 5.10 Å². The van der Waals surface area contributed by atoms with Crippen molar-refractivity contribution in [1.29, 1.82) is 0 Å². The minimum Gasteiger partial charge on any atom is -0.469 e. The molecule has 2 fully saturated rings. The molecule has 1 aliphatic heterocycles. The predicted octanol–water partition coefficient (Wildman–Crippen LogP) is 2.38. The third kappa shape index (κ3) is 3.46. The van der Waals surface area contributed by atoms with Crippen molar-refractivity contribution in [2.45, 2.75) is 51.1 Å². The quantitative estimate of drug-likeness (QED) is 0.799. The van der Waals surface area contributed by atoms with E-state index in [0.29, 0.717) is 6.04 Å². The maximum Gasteiger partial charge on any atom is 0.308 e. The molecule has 0 bridgehead atoms. The van der Waals surface area contributed by atoms with Crippen LogP contribution < -0.4 is 0 Å². The van der Waals surface area contributed by atoms with Crippen molar-refractivity contribution in [3.05, 3.63) is 18.0 Å². The zero-order valence-corrected chi connectivity index (χ0v) is 12.8. The summed E-state index contributed by atoms with van der Waals surface area (Å²) in [5.74, 6) is 0.0301. The molecule has 0 unspecified atom stereocenters. The van der Waals surface area contributed by atoms with Gasteiger partial charge in [0, 0.05) is 12.7 Å². The summed E-state index contributed by atoms with van der Waals surface area (Å²) < 4.78 is 6.99. The van der Waals surface area contributed by atoms with E-state index in [9.17, 15) is 4.79 Å². The number of esters is 1. The van der Waals surface area contributed by atoms with Gasteiger partial charge in [0.15, 0.2) is 0 Å². The number of hydrogen-bond acceptors (Lipinski definition) is 4. The topological polar surface area (TPSA) is 47.4 Å². The van der Waals surface area contributed by atoms with Crippen LogP contribution in [0.3, 0.4) is 0 Å². The molecule has 1 saturated heterocycles. The Morgan fingerprint density at radius 2 is 2.00 bits per heavy atom. The van der Waals surface area contributed by atoms with Crippen LogP contribution in [-0.2, 0) is 16.1 Å². The molecule has 5 nitrogen and oxygen atoms in total. The first kappa shape index (κ1) is 14.6. The standard InChI is InChI=1S/C16H25N3O2/c1-21-16(20)13-6-9-18(10-7-13)12-14-8-11-19(17-14)15-4-2-3-5-15/h8,11,13,15H,2-7,9-10,12H2,1H3. The SMILES string of the molecule is COC(=O)C1CCN(Cc2ccn(C3CCCC3)n2)CC1. The summed E-state index contributed by atoms with van der Waals surface area (Å²) in [6, 6.07) is 2.76. The number of rotatable bonds is 4. The van der Waals surface area contributed by atoms with Crippen molar-refractivity contribution in [3.63, 3.8) is 0 Å². The van der Waals surface area contributed by atoms with E-state index in [-0.39, 0.29) is 11.9 Å². The molecule has 1 aromatic heterocycles. The van der Waals surface area contributed by atoms with Crippen LogP contribution in [0, 0.1) is 5.92 Å². The molecule has 0 N–H and O–H groups in total. The zero-order valence-electron chi connectivity index (χ0n) is 12.8. The van der Waals surface area contributed by atoms with Crippen molar-refractivity contribution in [2.24, 2.45) is 5.92 Å². The van der Waals surface area contributed by atoms with Gasteiger partial charge >= 0.3 is 5.97 Å². The first-order chi connectivity index (χ1) is 10.3. The minimum atomic E-state index is -0.0554. The minimum absolute atomic E-state index is 0.0554. The summed E-state index contributed by atoms with van der Waals surface area (Å²) in [5.41, 5.74) is 1.15. The Morgan fingerprint density at radius 1 is 1.29 bits per heavy atom. The van der Waals surface area contributed by atoms with E-state index in [2.05, 4.69) is 21.8 Å².